The predicted molar refractivity (Wildman–Crippen MR) is 50.7 cm³/mol. The first kappa shape index (κ1) is 12.4. The predicted octanol–water partition coefficient (Wildman–Crippen LogP) is -0.550. The normalized spacial score (nSPS) is 13.8. The van der Waals surface area contributed by atoms with E-state index in [-0.39, 0.29) is 12.5 Å². The fraction of sp³-hybridized carbons (Fsp3) is 0.857. The van der Waals surface area contributed by atoms with Gasteiger partial charge in [0.1, 0.15) is 0 Å². The molecule has 0 aliphatic carbocycles. The van der Waals surface area contributed by atoms with Crippen molar-refractivity contribution < 1.29 is 13.2 Å². The van der Waals surface area contributed by atoms with Crippen LogP contribution >= 0.6 is 0 Å². The number of nitrogens with one attached hydrogen (secondary N) is 2. The maximum atomic E-state index is 11.0. The van der Waals surface area contributed by atoms with Gasteiger partial charge in [-0.1, -0.05) is 0 Å². The van der Waals surface area contributed by atoms with Gasteiger partial charge >= 0.3 is 0 Å². The van der Waals surface area contributed by atoms with Gasteiger partial charge in [0.05, 0.1) is 6.26 Å². The summed E-state index contributed by atoms with van der Waals surface area (Å²) in [4.78, 5) is 11.0. The Morgan fingerprint density at radius 1 is 1.46 bits per heavy atom. The van der Waals surface area contributed by atoms with E-state index in [1.54, 1.807) is 7.05 Å². The number of hydrogen-bond acceptors (Lipinski definition) is 4. The number of rotatable bonds is 5. The Morgan fingerprint density at radius 3 is 2.38 bits per heavy atom. The van der Waals surface area contributed by atoms with Gasteiger partial charge in [0.2, 0.25) is 15.9 Å². The third-order valence-electron chi connectivity index (χ3n) is 1.60. The Kier molecular flexibility index (Phi) is 4.94. The van der Waals surface area contributed by atoms with E-state index in [2.05, 4.69) is 5.32 Å². The van der Waals surface area contributed by atoms with Crippen LogP contribution in [-0.2, 0) is 14.8 Å². The standard InChI is InChI=1S/C7H16N2O3S/c1-6(8-2)4-5-7(10)9-13(3,11)12/h6,8H,4-5H2,1-3H3,(H,9,10). The van der Waals surface area contributed by atoms with Crippen LogP contribution in [0.25, 0.3) is 0 Å². The maximum absolute atomic E-state index is 11.0. The largest absolute Gasteiger partial charge is 0.317 e. The van der Waals surface area contributed by atoms with Crippen molar-refractivity contribution in [3.8, 4) is 0 Å². The monoisotopic (exact) mass is 208 g/mol. The van der Waals surface area contributed by atoms with Crippen LogP contribution in [0.1, 0.15) is 19.8 Å². The molecule has 0 aliphatic rings. The van der Waals surface area contributed by atoms with E-state index in [4.69, 9.17) is 0 Å². The van der Waals surface area contributed by atoms with E-state index >= 15 is 0 Å². The first-order valence-electron chi connectivity index (χ1n) is 4.03. The van der Waals surface area contributed by atoms with Crippen LogP contribution in [-0.4, -0.2) is 33.7 Å². The van der Waals surface area contributed by atoms with E-state index in [9.17, 15) is 13.2 Å². The molecule has 1 atom stereocenters. The molecule has 0 saturated heterocycles. The first-order chi connectivity index (χ1) is 5.85. The molecule has 0 aliphatic heterocycles. The Balaban J connectivity index is 3.77. The van der Waals surface area contributed by atoms with Gasteiger partial charge < -0.3 is 5.32 Å². The molecular formula is C7H16N2O3S. The van der Waals surface area contributed by atoms with Crippen molar-refractivity contribution >= 4 is 15.9 Å². The Morgan fingerprint density at radius 2 is 2.00 bits per heavy atom. The second kappa shape index (κ2) is 5.18. The van der Waals surface area contributed by atoms with E-state index in [0.717, 1.165) is 6.26 Å². The lowest BCUT2D eigenvalue weighted by molar-refractivity contribution is -0.119. The molecule has 0 spiro atoms. The minimum Gasteiger partial charge on any atom is -0.317 e. The van der Waals surface area contributed by atoms with Crippen molar-refractivity contribution in [1.82, 2.24) is 10.0 Å². The van der Waals surface area contributed by atoms with Gasteiger partial charge in [0.25, 0.3) is 0 Å². The summed E-state index contributed by atoms with van der Waals surface area (Å²) >= 11 is 0. The van der Waals surface area contributed by atoms with Crippen LogP contribution in [0.2, 0.25) is 0 Å². The molecule has 13 heavy (non-hydrogen) atoms. The van der Waals surface area contributed by atoms with Crippen LogP contribution in [0, 0.1) is 0 Å². The second-order valence-corrected chi connectivity index (χ2v) is 4.77. The van der Waals surface area contributed by atoms with Gasteiger partial charge in [0, 0.05) is 12.5 Å². The van der Waals surface area contributed by atoms with E-state index in [0.29, 0.717) is 6.42 Å². The number of hydrogen-bond donors (Lipinski definition) is 2. The molecule has 0 radical (unpaired) electrons. The molecular weight excluding hydrogens is 192 g/mol. The van der Waals surface area contributed by atoms with Crippen LogP contribution in [0.15, 0.2) is 0 Å². The number of carbonyl (C=O) groups is 1. The molecule has 0 aromatic rings. The molecule has 0 saturated carbocycles. The number of amides is 1. The van der Waals surface area contributed by atoms with Crippen molar-refractivity contribution in [3.63, 3.8) is 0 Å². The molecule has 5 nitrogen and oxygen atoms in total. The summed E-state index contributed by atoms with van der Waals surface area (Å²) < 4.78 is 23.1. The van der Waals surface area contributed by atoms with Crippen LogP contribution < -0.4 is 10.0 Å². The fourth-order valence-electron chi connectivity index (χ4n) is 0.750. The molecule has 0 rings (SSSR count). The SMILES string of the molecule is CNC(C)CCC(=O)NS(C)(=O)=O. The zero-order valence-corrected chi connectivity index (χ0v) is 8.94. The average Bonchev–Trinajstić information content (AvgIpc) is 1.97. The minimum atomic E-state index is -3.40. The highest BCUT2D eigenvalue weighted by Crippen LogP contribution is 1.95. The molecule has 0 aromatic carbocycles. The highest BCUT2D eigenvalue weighted by molar-refractivity contribution is 7.89. The van der Waals surface area contributed by atoms with Gasteiger partial charge in [-0.05, 0) is 20.4 Å². The molecule has 6 heteroatoms. The highest BCUT2D eigenvalue weighted by Gasteiger charge is 2.09. The highest BCUT2D eigenvalue weighted by atomic mass is 32.2. The van der Waals surface area contributed by atoms with E-state index in [1.165, 1.54) is 0 Å². The fourth-order valence-corrected chi connectivity index (χ4v) is 1.27. The van der Waals surface area contributed by atoms with Crippen LogP contribution in [0.4, 0.5) is 0 Å². The molecule has 1 amide bonds. The van der Waals surface area contributed by atoms with Crippen molar-refractivity contribution in [2.75, 3.05) is 13.3 Å². The Hall–Kier alpha value is -0.620. The number of sulfonamides is 1. The smallest absolute Gasteiger partial charge is 0.233 e. The summed E-state index contributed by atoms with van der Waals surface area (Å²) in [5.41, 5.74) is 0. The summed E-state index contributed by atoms with van der Waals surface area (Å²) in [6, 6.07) is 0.213. The Labute approximate surface area is 79.0 Å². The lowest BCUT2D eigenvalue weighted by Crippen LogP contribution is -2.31. The van der Waals surface area contributed by atoms with Crippen molar-refractivity contribution in [2.24, 2.45) is 0 Å². The molecule has 0 bridgehead atoms. The van der Waals surface area contributed by atoms with Gasteiger partial charge in [0.15, 0.2) is 0 Å². The zero-order valence-electron chi connectivity index (χ0n) is 8.12. The third kappa shape index (κ3) is 7.73. The summed E-state index contributed by atoms with van der Waals surface area (Å²) in [7, 11) is -1.61. The first-order valence-corrected chi connectivity index (χ1v) is 5.92. The summed E-state index contributed by atoms with van der Waals surface area (Å²) in [6.45, 7) is 1.92. The van der Waals surface area contributed by atoms with E-state index in [1.807, 2.05) is 11.6 Å². The summed E-state index contributed by atoms with van der Waals surface area (Å²) in [5.74, 6) is -0.454. The van der Waals surface area contributed by atoms with Crippen molar-refractivity contribution in [2.45, 2.75) is 25.8 Å². The van der Waals surface area contributed by atoms with Gasteiger partial charge in [-0.15, -0.1) is 0 Å². The quantitative estimate of drug-likeness (QED) is 0.635. The lowest BCUT2D eigenvalue weighted by Gasteiger charge is -2.08. The van der Waals surface area contributed by atoms with E-state index < -0.39 is 15.9 Å². The zero-order chi connectivity index (χ0) is 10.5. The van der Waals surface area contributed by atoms with Gasteiger partial charge in [-0.25, -0.2) is 8.42 Å². The molecule has 78 valence electrons. The molecule has 0 aromatic heterocycles. The van der Waals surface area contributed by atoms with Gasteiger partial charge in [-0.3, -0.25) is 9.52 Å². The van der Waals surface area contributed by atoms with Crippen LogP contribution in [0.5, 0.6) is 0 Å². The van der Waals surface area contributed by atoms with Gasteiger partial charge in [-0.2, -0.15) is 0 Å². The lowest BCUT2D eigenvalue weighted by atomic mass is 10.2. The number of carbonyl (C=O) groups excluding carboxylic acids is 1. The van der Waals surface area contributed by atoms with Crippen molar-refractivity contribution in [1.29, 1.82) is 0 Å². The summed E-state index contributed by atoms with van der Waals surface area (Å²) in [5, 5.41) is 2.95. The second-order valence-electron chi connectivity index (χ2n) is 3.03. The van der Waals surface area contributed by atoms with Crippen LogP contribution in [0.3, 0.4) is 0 Å². The molecule has 0 fully saturated rings. The third-order valence-corrected chi connectivity index (χ3v) is 2.19. The average molecular weight is 208 g/mol. The topological polar surface area (TPSA) is 75.3 Å². The maximum Gasteiger partial charge on any atom is 0.233 e. The summed E-state index contributed by atoms with van der Waals surface area (Å²) in [6.07, 6.45) is 1.80. The minimum absolute atomic E-state index is 0.213. The molecule has 1 unspecified atom stereocenters. The Bertz CT molecular complexity index is 261. The molecule has 0 heterocycles. The van der Waals surface area contributed by atoms with Crippen molar-refractivity contribution in [3.05, 3.63) is 0 Å². The molecule has 2 N–H and O–H groups in total.